The predicted molar refractivity (Wildman–Crippen MR) is 75.8 cm³/mol. The van der Waals surface area contributed by atoms with Crippen molar-refractivity contribution in [3.8, 4) is 0 Å². The molecule has 0 atom stereocenters. The molecule has 5 nitrogen and oxygen atoms in total. The van der Waals surface area contributed by atoms with E-state index in [1.165, 1.54) is 6.20 Å². The van der Waals surface area contributed by atoms with Crippen LogP contribution in [0.4, 0.5) is 5.69 Å². The zero-order chi connectivity index (χ0) is 13.9. The maximum atomic E-state index is 12.1. The number of carbonyl (C=O) groups is 1. The van der Waals surface area contributed by atoms with Gasteiger partial charge in [-0.1, -0.05) is 6.92 Å². The van der Waals surface area contributed by atoms with Crippen molar-refractivity contribution in [3.63, 3.8) is 0 Å². The number of nitrogens with zero attached hydrogens (tertiary/aromatic N) is 2. The Hall–Kier alpha value is -1.62. The third-order valence-electron chi connectivity index (χ3n) is 3.97. The van der Waals surface area contributed by atoms with Crippen LogP contribution in [0.2, 0.25) is 0 Å². The zero-order valence-corrected chi connectivity index (χ0v) is 11.6. The lowest BCUT2D eigenvalue weighted by molar-refractivity contribution is 0.0892. The Morgan fingerprint density at radius 1 is 1.53 bits per heavy atom. The number of hydrogen-bond donors (Lipinski definition) is 2. The molecular formula is C14H22N4O. The Balaban J connectivity index is 1.92. The van der Waals surface area contributed by atoms with Gasteiger partial charge in [0, 0.05) is 12.7 Å². The van der Waals surface area contributed by atoms with Crippen molar-refractivity contribution in [1.82, 2.24) is 15.2 Å². The normalized spacial score (nSPS) is 19.1. The van der Waals surface area contributed by atoms with Gasteiger partial charge in [0.15, 0.2) is 0 Å². The molecule has 3 N–H and O–H groups in total. The molecule has 0 radical (unpaired) electrons. The van der Waals surface area contributed by atoms with Gasteiger partial charge in [-0.3, -0.25) is 9.78 Å². The van der Waals surface area contributed by atoms with Crippen molar-refractivity contribution in [2.24, 2.45) is 5.41 Å². The lowest BCUT2D eigenvalue weighted by Gasteiger charge is -2.37. The first kappa shape index (κ1) is 13.8. The van der Waals surface area contributed by atoms with E-state index in [1.807, 2.05) is 0 Å². The molecule has 2 rings (SSSR count). The first-order valence-electron chi connectivity index (χ1n) is 6.66. The highest BCUT2D eigenvalue weighted by atomic mass is 16.1. The Morgan fingerprint density at radius 3 is 2.84 bits per heavy atom. The van der Waals surface area contributed by atoms with Crippen molar-refractivity contribution in [2.45, 2.75) is 19.8 Å². The summed E-state index contributed by atoms with van der Waals surface area (Å²) in [6.45, 7) is 5.10. The van der Waals surface area contributed by atoms with E-state index in [0.717, 1.165) is 25.9 Å². The molecule has 1 aliphatic heterocycles. The lowest BCUT2D eigenvalue weighted by Crippen LogP contribution is -2.43. The minimum atomic E-state index is -0.111. The van der Waals surface area contributed by atoms with Gasteiger partial charge >= 0.3 is 0 Å². The highest BCUT2D eigenvalue weighted by Gasteiger charge is 2.29. The van der Waals surface area contributed by atoms with Crippen LogP contribution in [0, 0.1) is 5.41 Å². The smallest absolute Gasteiger partial charge is 0.253 e. The number of anilines is 1. The van der Waals surface area contributed by atoms with Gasteiger partial charge in [-0.25, -0.2) is 0 Å². The van der Waals surface area contributed by atoms with Gasteiger partial charge in [0.2, 0.25) is 0 Å². The predicted octanol–water partition coefficient (Wildman–Crippen LogP) is 1.13. The molecule has 0 unspecified atom stereocenters. The van der Waals surface area contributed by atoms with Crippen LogP contribution in [0.25, 0.3) is 0 Å². The van der Waals surface area contributed by atoms with E-state index in [4.69, 9.17) is 5.73 Å². The highest BCUT2D eigenvalue weighted by Crippen LogP contribution is 2.29. The first-order valence-corrected chi connectivity index (χ1v) is 6.66. The van der Waals surface area contributed by atoms with Crippen molar-refractivity contribution in [2.75, 3.05) is 32.4 Å². The topological polar surface area (TPSA) is 71.2 Å². The molecule has 1 fully saturated rings. The van der Waals surface area contributed by atoms with Gasteiger partial charge in [0.05, 0.1) is 17.4 Å². The molecule has 2 heterocycles. The Morgan fingerprint density at radius 2 is 2.21 bits per heavy atom. The van der Waals surface area contributed by atoms with Crippen LogP contribution in [0.3, 0.4) is 0 Å². The number of piperidine rings is 1. The summed E-state index contributed by atoms with van der Waals surface area (Å²) < 4.78 is 0. The number of nitrogens with one attached hydrogen (secondary N) is 1. The van der Waals surface area contributed by atoms with Gasteiger partial charge in [-0.15, -0.1) is 0 Å². The lowest BCUT2D eigenvalue weighted by atomic mass is 9.80. The molecule has 1 saturated heterocycles. The van der Waals surface area contributed by atoms with E-state index < -0.39 is 0 Å². The standard InChI is InChI=1S/C14H22N4O/c1-14(4-7-18(2)8-5-14)10-17-13(19)11-3-6-16-9-12(11)15/h3,6,9H,4-5,7-8,10,15H2,1-2H3,(H,17,19). The van der Waals surface area contributed by atoms with E-state index in [0.29, 0.717) is 17.8 Å². The number of pyridine rings is 1. The fraction of sp³-hybridized carbons (Fsp3) is 0.571. The minimum absolute atomic E-state index is 0.111. The molecule has 0 bridgehead atoms. The fourth-order valence-electron chi connectivity index (χ4n) is 2.34. The zero-order valence-electron chi connectivity index (χ0n) is 11.6. The first-order chi connectivity index (χ1) is 9.00. The fourth-order valence-corrected chi connectivity index (χ4v) is 2.34. The number of hydrogen-bond acceptors (Lipinski definition) is 4. The molecule has 0 aromatic carbocycles. The van der Waals surface area contributed by atoms with E-state index in [2.05, 4.69) is 29.2 Å². The Bertz CT molecular complexity index is 453. The van der Waals surface area contributed by atoms with Gasteiger partial charge in [0.25, 0.3) is 5.91 Å². The van der Waals surface area contributed by atoms with Crippen LogP contribution in [-0.2, 0) is 0 Å². The van der Waals surface area contributed by atoms with Crippen LogP contribution in [-0.4, -0.2) is 42.5 Å². The van der Waals surface area contributed by atoms with Crippen LogP contribution < -0.4 is 11.1 Å². The number of rotatable bonds is 3. The Kier molecular flexibility index (Phi) is 4.04. The number of nitrogens with two attached hydrogens (primary N) is 1. The minimum Gasteiger partial charge on any atom is -0.397 e. The maximum absolute atomic E-state index is 12.1. The molecule has 1 aromatic heterocycles. The summed E-state index contributed by atoms with van der Waals surface area (Å²) in [6.07, 6.45) is 5.31. The summed E-state index contributed by atoms with van der Waals surface area (Å²) in [5.41, 5.74) is 6.87. The summed E-state index contributed by atoms with van der Waals surface area (Å²) in [5, 5.41) is 3.00. The second-order valence-electron chi connectivity index (χ2n) is 5.76. The third-order valence-corrected chi connectivity index (χ3v) is 3.97. The van der Waals surface area contributed by atoms with Crippen LogP contribution >= 0.6 is 0 Å². The maximum Gasteiger partial charge on any atom is 0.253 e. The molecule has 0 saturated carbocycles. The number of aromatic nitrogens is 1. The Labute approximate surface area is 114 Å². The van der Waals surface area contributed by atoms with E-state index in [9.17, 15) is 4.79 Å². The van der Waals surface area contributed by atoms with Crippen LogP contribution in [0.1, 0.15) is 30.1 Å². The molecule has 0 spiro atoms. The molecule has 19 heavy (non-hydrogen) atoms. The molecule has 104 valence electrons. The van der Waals surface area contributed by atoms with Gasteiger partial charge in [-0.2, -0.15) is 0 Å². The van der Waals surface area contributed by atoms with Crippen molar-refractivity contribution in [3.05, 3.63) is 24.0 Å². The second-order valence-corrected chi connectivity index (χ2v) is 5.76. The van der Waals surface area contributed by atoms with Crippen molar-refractivity contribution in [1.29, 1.82) is 0 Å². The number of nitrogen functional groups attached to an aromatic ring is 1. The summed E-state index contributed by atoms with van der Waals surface area (Å²) >= 11 is 0. The molecule has 1 amide bonds. The SMILES string of the molecule is CN1CCC(C)(CNC(=O)c2ccncc2N)CC1. The van der Waals surface area contributed by atoms with Crippen molar-refractivity contribution >= 4 is 11.6 Å². The van der Waals surface area contributed by atoms with Crippen LogP contribution in [0.5, 0.6) is 0 Å². The van der Waals surface area contributed by atoms with E-state index >= 15 is 0 Å². The molecule has 1 aliphatic rings. The molecular weight excluding hydrogens is 240 g/mol. The average Bonchev–Trinajstić information content (AvgIpc) is 2.41. The molecule has 5 heteroatoms. The molecule has 1 aromatic rings. The monoisotopic (exact) mass is 262 g/mol. The summed E-state index contributed by atoms with van der Waals surface area (Å²) in [7, 11) is 2.13. The summed E-state index contributed by atoms with van der Waals surface area (Å²) in [6, 6.07) is 1.65. The number of likely N-dealkylation sites (tertiary alicyclic amines) is 1. The van der Waals surface area contributed by atoms with Gasteiger partial charge in [0.1, 0.15) is 0 Å². The van der Waals surface area contributed by atoms with Gasteiger partial charge in [-0.05, 0) is 44.5 Å². The average molecular weight is 262 g/mol. The summed E-state index contributed by atoms with van der Waals surface area (Å²) in [5.74, 6) is -0.111. The number of carbonyl (C=O) groups excluding carboxylic acids is 1. The van der Waals surface area contributed by atoms with Gasteiger partial charge < -0.3 is 16.0 Å². The van der Waals surface area contributed by atoms with Crippen LogP contribution in [0.15, 0.2) is 18.5 Å². The largest absolute Gasteiger partial charge is 0.397 e. The third kappa shape index (κ3) is 3.44. The van der Waals surface area contributed by atoms with Crippen molar-refractivity contribution < 1.29 is 4.79 Å². The second kappa shape index (κ2) is 5.57. The number of amides is 1. The van der Waals surface area contributed by atoms with E-state index in [-0.39, 0.29) is 11.3 Å². The molecule has 0 aliphatic carbocycles. The quantitative estimate of drug-likeness (QED) is 0.856. The van der Waals surface area contributed by atoms with E-state index in [1.54, 1.807) is 12.3 Å². The summed E-state index contributed by atoms with van der Waals surface area (Å²) in [4.78, 5) is 18.3. The highest BCUT2D eigenvalue weighted by molar-refractivity contribution is 5.98.